The summed E-state index contributed by atoms with van der Waals surface area (Å²) in [6.07, 6.45) is 8.94. The van der Waals surface area contributed by atoms with Crippen molar-refractivity contribution in [3.8, 4) is 0 Å². The molecule has 1 unspecified atom stereocenters. The van der Waals surface area contributed by atoms with E-state index in [1.54, 1.807) is 6.26 Å². The first-order valence-electron chi connectivity index (χ1n) is 10.3. The van der Waals surface area contributed by atoms with Crippen LogP contribution >= 0.6 is 0 Å². The molecule has 0 N–H and O–H groups in total. The minimum atomic E-state index is -0.406. The highest BCUT2D eigenvalue weighted by Crippen LogP contribution is 2.67. The molecular weight excluding hydrogens is 348 g/mol. The van der Waals surface area contributed by atoms with Crippen molar-refractivity contribution >= 4 is 5.97 Å². The van der Waals surface area contributed by atoms with Crippen LogP contribution in [-0.4, -0.2) is 5.97 Å². The molecule has 146 valence electrons. The van der Waals surface area contributed by atoms with E-state index in [1.807, 2.05) is 31.2 Å². The van der Waals surface area contributed by atoms with Gasteiger partial charge in [-0.3, -0.25) is 4.79 Å². The summed E-state index contributed by atoms with van der Waals surface area (Å²) in [7, 11) is 0. The van der Waals surface area contributed by atoms with E-state index in [4.69, 9.17) is 9.15 Å². The number of carbonyl (C=O) groups excluding carboxylic acids is 1. The number of hydrogen-bond acceptors (Lipinski definition) is 3. The Morgan fingerprint density at radius 3 is 2.61 bits per heavy atom. The highest BCUT2D eigenvalue weighted by molar-refractivity contribution is 5.84. The Balaban J connectivity index is 1.37. The van der Waals surface area contributed by atoms with Crippen LogP contribution in [0.15, 0.2) is 70.4 Å². The van der Waals surface area contributed by atoms with Crippen LogP contribution in [0.4, 0.5) is 0 Å². The fourth-order valence-corrected chi connectivity index (χ4v) is 4.64. The Morgan fingerprint density at radius 1 is 1.14 bits per heavy atom. The molecule has 2 aliphatic carbocycles. The molecule has 0 amide bonds. The summed E-state index contributed by atoms with van der Waals surface area (Å²) >= 11 is 0. The van der Waals surface area contributed by atoms with Crippen molar-refractivity contribution in [3.63, 3.8) is 0 Å². The predicted molar refractivity (Wildman–Crippen MR) is 110 cm³/mol. The molecule has 2 aliphatic rings. The summed E-state index contributed by atoms with van der Waals surface area (Å²) in [5.74, 6) is 1.38. The Hall–Kier alpha value is -2.55. The molecule has 1 heterocycles. The molecule has 1 saturated carbocycles. The standard InChI is InChI=1S/C25H28O3/c1-4-19(5-2)21-11-12-22-23(21)25(22,3)24(26)28-16-18-14-20(27-15-18)13-17-9-7-6-8-10-17/h6-12,14-15,22-23H,4-5,13,16H2,1-3H3/t22-,23+,25?/m0/s1. The zero-order valence-electron chi connectivity index (χ0n) is 16.9. The Bertz CT molecular complexity index is 912. The Kier molecular flexibility index (Phi) is 5.01. The SMILES string of the molecule is CCC(CC)=C1C=C[C@H]2[C@@H]1C2(C)C(=O)OCc1coc(Cc2ccccc2)c1. The van der Waals surface area contributed by atoms with Crippen LogP contribution < -0.4 is 0 Å². The minimum absolute atomic E-state index is 0.0956. The van der Waals surface area contributed by atoms with E-state index in [0.29, 0.717) is 11.8 Å². The van der Waals surface area contributed by atoms with E-state index in [1.165, 1.54) is 16.7 Å². The van der Waals surface area contributed by atoms with Crippen LogP contribution in [0.5, 0.6) is 0 Å². The monoisotopic (exact) mass is 376 g/mol. The lowest BCUT2D eigenvalue weighted by Gasteiger charge is -2.15. The molecule has 4 rings (SSSR count). The van der Waals surface area contributed by atoms with Gasteiger partial charge in [0, 0.05) is 23.8 Å². The molecule has 1 aromatic carbocycles. The molecule has 1 aromatic heterocycles. The van der Waals surface area contributed by atoms with Crippen LogP contribution in [0.1, 0.15) is 50.5 Å². The lowest BCUT2D eigenvalue weighted by Crippen LogP contribution is -2.20. The lowest BCUT2D eigenvalue weighted by molar-refractivity contribution is -0.151. The average Bonchev–Trinajstić information content (AvgIpc) is 3.07. The molecule has 3 heteroatoms. The van der Waals surface area contributed by atoms with E-state index in [-0.39, 0.29) is 12.6 Å². The zero-order valence-corrected chi connectivity index (χ0v) is 16.9. The average molecular weight is 376 g/mol. The fourth-order valence-electron chi connectivity index (χ4n) is 4.64. The fraction of sp³-hybridized carbons (Fsp3) is 0.400. The highest BCUT2D eigenvalue weighted by atomic mass is 16.5. The molecule has 2 aromatic rings. The first-order chi connectivity index (χ1) is 13.6. The number of rotatable bonds is 7. The predicted octanol–water partition coefficient (Wildman–Crippen LogP) is 5.85. The summed E-state index contributed by atoms with van der Waals surface area (Å²) in [5.41, 5.74) is 4.52. The van der Waals surface area contributed by atoms with E-state index in [9.17, 15) is 4.79 Å². The quantitative estimate of drug-likeness (QED) is 0.569. The van der Waals surface area contributed by atoms with Crippen LogP contribution in [0.25, 0.3) is 0 Å². The lowest BCUT2D eigenvalue weighted by atomic mass is 9.93. The van der Waals surface area contributed by atoms with E-state index in [0.717, 1.165) is 30.6 Å². The summed E-state index contributed by atoms with van der Waals surface area (Å²) in [5, 5.41) is 0. The summed E-state index contributed by atoms with van der Waals surface area (Å²) in [6.45, 7) is 6.70. The van der Waals surface area contributed by atoms with Crippen molar-refractivity contribution in [1.29, 1.82) is 0 Å². The van der Waals surface area contributed by atoms with Gasteiger partial charge in [0.2, 0.25) is 0 Å². The molecular formula is C25H28O3. The first kappa shape index (κ1) is 18.8. The number of fused-ring (bicyclic) bond motifs is 1. The third-order valence-corrected chi connectivity index (χ3v) is 6.41. The van der Waals surface area contributed by atoms with Crippen LogP contribution in [0.2, 0.25) is 0 Å². The smallest absolute Gasteiger partial charge is 0.313 e. The first-order valence-corrected chi connectivity index (χ1v) is 10.3. The molecule has 0 spiro atoms. The molecule has 3 nitrogen and oxygen atoms in total. The van der Waals surface area contributed by atoms with Gasteiger partial charge in [-0.2, -0.15) is 0 Å². The van der Waals surface area contributed by atoms with Crippen molar-refractivity contribution in [2.75, 3.05) is 0 Å². The molecule has 0 saturated heterocycles. The van der Waals surface area contributed by atoms with E-state index in [2.05, 4.69) is 38.1 Å². The van der Waals surface area contributed by atoms with Crippen molar-refractivity contribution in [1.82, 2.24) is 0 Å². The van der Waals surface area contributed by atoms with E-state index < -0.39 is 5.41 Å². The number of furan rings is 1. The number of esters is 1. The van der Waals surface area contributed by atoms with Gasteiger partial charge < -0.3 is 9.15 Å². The minimum Gasteiger partial charge on any atom is -0.469 e. The van der Waals surface area contributed by atoms with E-state index >= 15 is 0 Å². The van der Waals surface area contributed by atoms with Crippen molar-refractivity contribution in [3.05, 3.63) is 82.8 Å². The maximum atomic E-state index is 12.8. The number of allylic oxidation sites excluding steroid dienone is 4. The Labute approximate surface area is 167 Å². The van der Waals surface area contributed by atoms with Gasteiger partial charge in [0.25, 0.3) is 0 Å². The second-order valence-electron chi connectivity index (χ2n) is 8.07. The topological polar surface area (TPSA) is 39.4 Å². The number of benzene rings is 1. The van der Waals surface area contributed by atoms with Crippen molar-refractivity contribution in [2.45, 2.75) is 46.6 Å². The highest BCUT2D eigenvalue weighted by Gasteiger charge is 2.69. The van der Waals surface area contributed by atoms with Crippen LogP contribution in [0, 0.1) is 17.3 Å². The van der Waals surface area contributed by atoms with Gasteiger partial charge in [-0.15, -0.1) is 0 Å². The summed E-state index contributed by atoms with van der Waals surface area (Å²) in [6, 6.07) is 12.2. The molecule has 1 fully saturated rings. The molecule has 0 aliphatic heterocycles. The number of hydrogen-bond donors (Lipinski definition) is 0. The Morgan fingerprint density at radius 2 is 1.89 bits per heavy atom. The second-order valence-corrected chi connectivity index (χ2v) is 8.07. The normalized spacial score (nSPS) is 24.9. The third-order valence-electron chi connectivity index (χ3n) is 6.41. The summed E-state index contributed by atoms with van der Waals surface area (Å²) in [4.78, 5) is 12.8. The van der Waals surface area contributed by atoms with Gasteiger partial charge in [-0.1, -0.05) is 61.9 Å². The molecule has 28 heavy (non-hydrogen) atoms. The van der Waals surface area contributed by atoms with Gasteiger partial charge in [0.15, 0.2) is 0 Å². The van der Waals surface area contributed by atoms with Gasteiger partial charge >= 0.3 is 5.97 Å². The second kappa shape index (κ2) is 7.46. The summed E-state index contributed by atoms with van der Waals surface area (Å²) < 4.78 is 11.3. The van der Waals surface area contributed by atoms with Gasteiger partial charge in [0.05, 0.1) is 11.7 Å². The van der Waals surface area contributed by atoms with Crippen LogP contribution in [0.3, 0.4) is 0 Å². The maximum Gasteiger partial charge on any atom is 0.313 e. The number of carbonyl (C=O) groups is 1. The van der Waals surface area contributed by atoms with Crippen molar-refractivity contribution < 1.29 is 13.9 Å². The molecule has 3 atom stereocenters. The van der Waals surface area contributed by atoms with Crippen LogP contribution in [-0.2, 0) is 22.6 Å². The maximum absolute atomic E-state index is 12.8. The largest absolute Gasteiger partial charge is 0.469 e. The van der Waals surface area contributed by atoms with Gasteiger partial charge in [0.1, 0.15) is 12.4 Å². The van der Waals surface area contributed by atoms with Gasteiger partial charge in [-0.05, 0) is 37.0 Å². The third kappa shape index (κ3) is 3.23. The zero-order chi connectivity index (χ0) is 19.7. The van der Waals surface area contributed by atoms with Gasteiger partial charge in [-0.25, -0.2) is 0 Å². The molecule has 0 radical (unpaired) electrons. The number of ether oxygens (including phenoxy) is 1. The molecule has 0 bridgehead atoms. The van der Waals surface area contributed by atoms with Crippen molar-refractivity contribution in [2.24, 2.45) is 17.3 Å².